The topological polar surface area (TPSA) is 119 Å². The molecule has 3 aromatic heterocycles. The number of aliphatic hydroxyl groups excluding tert-OH is 1. The monoisotopic (exact) mass is 709 g/mol. The van der Waals surface area contributed by atoms with Crippen LogP contribution >= 0.6 is 46.3 Å². The molecule has 0 bridgehead atoms. The highest BCUT2D eigenvalue weighted by Crippen LogP contribution is 2.46. The highest BCUT2D eigenvalue weighted by atomic mass is 35.5. The van der Waals surface area contributed by atoms with Crippen LogP contribution in [0.1, 0.15) is 48.3 Å². The number of imidazole rings is 1. The highest BCUT2D eigenvalue weighted by Gasteiger charge is 2.49. The number of methoxy groups -OCH3 is 1. The Morgan fingerprint density at radius 1 is 1.09 bits per heavy atom. The zero-order chi connectivity index (χ0) is 33.2. The fourth-order valence-corrected chi connectivity index (χ4v) is 7.73. The molecule has 4 heterocycles. The fourth-order valence-electron chi connectivity index (χ4n) is 5.31. The molecule has 1 aliphatic heterocycles. The minimum atomic E-state index is -1.06. The molecule has 1 unspecified atom stereocenters. The first-order valence-corrected chi connectivity index (χ1v) is 17.2. The molecule has 0 spiro atoms. The van der Waals surface area contributed by atoms with E-state index in [4.69, 9.17) is 32.7 Å². The molecule has 6 rings (SSSR count). The van der Waals surface area contributed by atoms with Crippen molar-refractivity contribution in [1.29, 1.82) is 0 Å². The summed E-state index contributed by atoms with van der Waals surface area (Å²) in [5.41, 5.74) is 2.64. The summed E-state index contributed by atoms with van der Waals surface area (Å²) in [5.74, 6) is -0.642. The number of ketones is 1. The Labute approximate surface area is 289 Å². The van der Waals surface area contributed by atoms with Crippen molar-refractivity contribution < 1.29 is 24.2 Å². The number of hydrogen-bond acceptors (Lipinski definition) is 10. The Balaban J connectivity index is 1.44. The van der Waals surface area contributed by atoms with E-state index in [9.17, 15) is 14.7 Å². The standard InChI is InChI=1S/C33H29Cl2N5O5S2/c1-4-5-14-45-23-12-10-19(15-24(23)44-3)28-26(29(41)27-18(2)36-25-8-6-7-13-39(25)27)30(42)31(43)40(28)32-37-38-33(47-32)46-17-20-9-11-21(34)16-22(20)35/h6-13,15-16,28,41H,4-5,14,17H2,1-3H3/b29-26+. The Hall–Kier alpha value is -4.10. The van der Waals surface area contributed by atoms with Gasteiger partial charge in [-0.2, -0.15) is 0 Å². The van der Waals surface area contributed by atoms with Crippen LogP contribution in [-0.2, 0) is 15.3 Å². The number of thioether (sulfide) groups is 1. The van der Waals surface area contributed by atoms with Crippen molar-refractivity contribution in [2.45, 2.75) is 42.8 Å². The van der Waals surface area contributed by atoms with Gasteiger partial charge in [0, 0.05) is 22.0 Å². The molecule has 5 aromatic rings. The SMILES string of the molecule is CCCCOc1ccc(C2/C(=C(\O)c3c(C)nc4ccccn34)C(=O)C(=O)N2c2nnc(SCc3ccc(Cl)cc3Cl)s2)cc1OC. The molecule has 1 fully saturated rings. The van der Waals surface area contributed by atoms with E-state index < -0.39 is 17.7 Å². The van der Waals surface area contributed by atoms with Crippen molar-refractivity contribution in [2.24, 2.45) is 0 Å². The van der Waals surface area contributed by atoms with E-state index in [0.29, 0.717) is 60.8 Å². The van der Waals surface area contributed by atoms with E-state index in [2.05, 4.69) is 22.1 Å². The molecule has 242 valence electrons. The molecular weight excluding hydrogens is 681 g/mol. The number of nitrogens with zero attached hydrogens (tertiary/aromatic N) is 5. The number of aromatic nitrogens is 4. The van der Waals surface area contributed by atoms with E-state index in [-0.39, 0.29) is 16.5 Å². The van der Waals surface area contributed by atoms with Gasteiger partial charge < -0.3 is 14.6 Å². The number of fused-ring (bicyclic) bond motifs is 1. The van der Waals surface area contributed by atoms with Crippen molar-refractivity contribution in [3.63, 3.8) is 0 Å². The van der Waals surface area contributed by atoms with Gasteiger partial charge in [-0.05, 0) is 60.9 Å². The molecule has 1 saturated heterocycles. The lowest BCUT2D eigenvalue weighted by atomic mass is 9.96. The molecule has 14 heteroatoms. The number of anilines is 1. The average molecular weight is 711 g/mol. The number of aryl methyl sites for hydroxylation is 1. The molecule has 47 heavy (non-hydrogen) atoms. The molecule has 0 aliphatic carbocycles. The number of ether oxygens (including phenoxy) is 2. The molecule has 2 aromatic carbocycles. The minimum Gasteiger partial charge on any atom is -0.505 e. The maximum absolute atomic E-state index is 13.9. The normalized spacial score (nSPS) is 15.9. The summed E-state index contributed by atoms with van der Waals surface area (Å²) in [7, 11) is 1.52. The van der Waals surface area contributed by atoms with Crippen LogP contribution in [0, 0.1) is 6.92 Å². The molecule has 1 atom stereocenters. The second-order valence-electron chi connectivity index (χ2n) is 10.6. The summed E-state index contributed by atoms with van der Waals surface area (Å²) in [4.78, 5) is 33.5. The van der Waals surface area contributed by atoms with Gasteiger partial charge in [0.2, 0.25) is 5.13 Å². The minimum absolute atomic E-state index is 0.109. The Morgan fingerprint density at radius 3 is 2.68 bits per heavy atom. The van der Waals surface area contributed by atoms with Gasteiger partial charge in [-0.3, -0.25) is 18.9 Å². The number of halogens is 2. The lowest BCUT2D eigenvalue weighted by molar-refractivity contribution is -0.132. The number of carbonyl (C=O) groups excluding carboxylic acids is 2. The quantitative estimate of drug-likeness (QED) is 0.0364. The highest BCUT2D eigenvalue weighted by molar-refractivity contribution is 8.00. The predicted octanol–water partition coefficient (Wildman–Crippen LogP) is 7.91. The van der Waals surface area contributed by atoms with Crippen LogP contribution in [0.15, 0.2) is 70.7 Å². The summed E-state index contributed by atoms with van der Waals surface area (Å²) >= 11 is 14.9. The third-order valence-corrected chi connectivity index (χ3v) is 10.3. The fraction of sp³-hybridized carbons (Fsp3) is 0.242. The number of carbonyl (C=O) groups is 2. The van der Waals surface area contributed by atoms with Crippen molar-refractivity contribution in [3.8, 4) is 11.5 Å². The predicted molar refractivity (Wildman–Crippen MR) is 184 cm³/mol. The number of Topliss-reactive ketones (excluding diaryl/α,β-unsaturated/α-hetero) is 1. The van der Waals surface area contributed by atoms with Crippen LogP contribution in [-0.4, -0.2) is 50.1 Å². The van der Waals surface area contributed by atoms with Gasteiger partial charge in [0.05, 0.1) is 31.0 Å². The number of benzene rings is 2. The first kappa shape index (κ1) is 32.8. The maximum Gasteiger partial charge on any atom is 0.301 e. The third kappa shape index (κ3) is 6.42. The van der Waals surface area contributed by atoms with Crippen LogP contribution in [0.3, 0.4) is 0 Å². The molecular formula is C33H29Cl2N5O5S2. The summed E-state index contributed by atoms with van der Waals surface area (Å²) in [6.45, 7) is 4.31. The molecule has 0 saturated carbocycles. The molecule has 10 nitrogen and oxygen atoms in total. The number of hydrogen-bond donors (Lipinski definition) is 1. The largest absolute Gasteiger partial charge is 0.505 e. The molecule has 0 radical (unpaired) electrons. The molecule has 1 aliphatic rings. The maximum atomic E-state index is 13.9. The lowest BCUT2D eigenvalue weighted by Gasteiger charge is -2.23. The Kier molecular flexibility index (Phi) is 9.74. The first-order valence-electron chi connectivity index (χ1n) is 14.7. The van der Waals surface area contributed by atoms with Crippen molar-refractivity contribution in [3.05, 3.63) is 98.9 Å². The summed E-state index contributed by atoms with van der Waals surface area (Å²) in [6.07, 6.45) is 3.57. The summed E-state index contributed by atoms with van der Waals surface area (Å²) in [5, 5.41) is 21.7. The van der Waals surface area contributed by atoms with Crippen LogP contribution < -0.4 is 14.4 Å². The van der Waals surface area contributed by atoms with Gasteiger partial charge in [-0.25, -0.2) is 4.98 Å². The zero-order valence-corrected chi connectivity index (χ0v) is 28.7. The Bertz CT molecular complexity index is 2030. The van der Waals surface area contributed by atoms with Gasteiger partial charge >= 0.3 is 5.91 Å². The van der Waals surface area contributed by atoms with E-state index >= 15 is 0 Å². The van der Waals surface area contributed by atoms with Gasteiger partial charge in [0.25, 0.3) is 5.78 Å². The number of unbranched alkanes of at least 4 members (excludes halogenated alkanes) is 1. The third-order valence-electron chi connectivity index (χ3n) is 7.60. The van der Waals surface area contributed by atoms with E-state index in [1.165, 1.54) is 23.8 Å². The number of pyridine rings is 1. The van der Waals surface area contributed by atoms with Gasteiger partial charge in [0.15, 0.2) is 21.6 Å². The van der Waals surface area contributed by atoms with E-state index in [1.807, 2.05) is 12.1 Å². The van der Waals surface area contributed by atoms with Crippen LogP contribution in [0.4, 0.5) is 5.13 Å². The van der Waals surface area contributed by atoms with Crippen molar-refractivity contribution in [2.75, 3.05) is 18.6 Å². The number of amides is 1. The first-order chi connectivity index (χ1) is 22.7. The second kappa shape index (κ2) is 13.9. The summed E-state index contributed by atoms with van der Waals surface area (Å²) in [6, 6.07) is 14.8. The smallest absolute Gasteiger partial charge is 0.301 e. The number of aliphatic hydroxyl groups is 1. The molecule has 1 amide bonds. The lowest BCUT2D eigenvalue weighted by Crippen LogP contribution is -2.29. The van der Waals surface area contributed by atoms with Gasteiger partial charge in [-0.15, -0.1) is 10.2 Å². The van der Waals surface area contributed by atoms with Crippen molar-refractivity contribution >= 4 is 74.5 Å². The van der Waals surface area contributed by atoms with Crippen LogP contribution in [0.5, 0.6) is 11.5 Å². The van der Waals surface area contributed by atoms with Crippen LogP contribution in [0.2, 0.25) is 10.0 Å². The second-order valence-corrected chi connectivity index (χ2v) is 13.7. The van der Waals surface area contributed by atoms with E-state index in [1.54, 1.807) is 60.0 Å². The van der Waals surface area contributed by atoms with Crippen molar-refractivity contribution in [1.82, 2.24) is 19.6 Å². The van der Waals surface area contributed by atoms with Crippen LogP contribution in [0.25, 0.3) is 11.4 Å². The summed E-state index contributed by atoms with van der Waals surface area (Å²) < 4.78 is 13.8. The molecule has 1 N–H and O–H groups in total. The van der Waals surface area contributed by atoms with Gasteiger partial charge in [0.1, 0.15) is 11.3 Å². The van der Waals surface area contributed by atoms with Gasteiger partial charge in [-0.1, -0.05) is 77.8 Å². The zero-order valence-electron chi connectivity index (χ0n) is 25.6. The Morgan fingerprint density at radius 2 is 1.91 bits per heavy atom. The average Bonchev–Trinajstić information content (AvgIpc) is 3.74. The van der Waals surface area contributed by atoms with E-state index in [0.717, 1.165) is 29.7 Å². The number of rotatable bonds is 11.